The van der Waals surface area contributed by atoms with E-state index in [1.807, 2.05) is 0 Å². The fraction of sp³-hybridized carbons (Fsp3) is 0.333. The zero-order valence-electron chi connectivity index (χ0n) is 12.9. The molecule has 1 aromatic carbocycles. The average Bonchev–Trinajstić information content (AvgIpc) is 3.25. The van der Waals surface area contributed by atoms with E-state index in [-0.39, 0.29) is 17.4 Å². The molecular weight excluding hydrogens is 354 g/mol. The quantitative estimate of drug-likeness (QED) is 0.814. The van der Waals surface area contributed by atoms with Crippen LogP contribution in [-0.2, 0) is 14.8 Å². The molecule has 0 saturated heterocycles. The van der Waals surface area contributed by atoms with Gasteiger partial charge in [-0.05, 0) is 38.0 Å². The van der Waals surface area contributed by atoms with Gasteiger partial charge in [-0.15, -0.1) is 0 Å². The van der Waals surface area contributed by atoms with Crippen LogP contribution in [0.1, 0.15) is 41.7 Å². The molecule has 1 saturated carbocycles. The molecule has 1 aromatic heterocycles. The minimum Gasteiger partial charge on any atom is -0.462 e. The lowest BCUT2D eigenvalue weighted by atomic mass is 10.1. The van der Waals surface area contributed by atoms with Gasteiger partial charge in [-0.1, -0.05) is 11.6 Å². The highest BCUT2D eigenvalue weighted by Gasteiger charge is 2.34. The number of primary sulfonamides is 1. The zero-order chi connectivity index (χ0) is 17.5. The van der Waals surface area contributed by atoms with E-state index in [1.165, 1.54) is 29.1 Å². The number of carbonyl (C=O) groups is 1. The number of benzene rings is 1. The van der Waals surface area contributed by atoms with Crippen molar-refractivity contribution < 1.29 is 17.9 Å². The van der Waals surface area contributed by atoms with Gasteiger partial charge in [-0.25, -0.2) is 23.0 Å². The van der Waals surface area contributed by atoms with Crippen molar-refractivity contribution >= 4 is 27.6 Å². The molecule has 0 unspecified atom stereocenters. The maximum Gasteiger partial charge on any atom is 0.341 e. The summed E-state index contributed by atoms with van der Waals surface area (Å²) in [5, 5.41) is 9.72. The van der Waals surface area contributed by atoms with Crippen LogP contribution in [0.3, 0.4) is 0 Å². The Labute approximate surface area is 144 Å². The van der Waals surface area contributed by atoms with Crippen LogP contribution >= 0.6 is 11.6 Å². The number of ether oxygens (including phenoxy) is 1. The van der Waals surface area contributed by atoms with E-state index in [2.05, 4.69) is 5.10 Å². The lowest BCUT2D eigenvalue weighted by Crippen LogP contribution is -2.13. The summed E-state index contributed by atoms with van der Waals surface area (Å²) < 4.78 is 29.7. The highest BCUT2D eigenvalue weighted by Crippen LogP contribution is 2.43. The van der Waals surface area contributed by atoms with Crippen molar-refractivity contribution in [3.63, 3.8) is 0 Å². The molecule has 0 atom stereocenters. The van der Waals surface area contributed by atoms with Crippen molar-refractivity contribution in [2.75, 3.05) is 6.61 Å². The summed E-state index contributed by atoms with van der Waals surface area (Å²) in [7, 11) is -3.88. The molecule has 0 spiro atoms. The number of nitrogens with zero attached hydrogens (tertiary/aromatic N) is 2. The molecule has 7 nitrogen and oxygen atoms in total. The third kappa shape index (κ3) is 3.17. The molecule has 0 amide bonds. The second-order valence-electron chi connectivity index (χ2n) is 5.51. The van der Waals surface area contributed by atoms with E-state index in [4.69, 9.17) is 21.5 Å². The SMILES string of the molecule is CCOC(=O)c1cnn(-c2cc(S(N)(=O)=O)ccc2Cl)c1C1CC1. The van der Waals surface area contributed by atoms with Gasteiger partial charge >= 0.3 is 5.97 Å². The molecule has 2 aromatic rings. The first-order chi connectivity index (χ1) is 11.3. The van der Waals surface area contributed by atoms with Gasteiger partial charge in [0.2, 0.25) is 10.0 Å². The molecular formula is C15H16ClN3O4S. The van der Waals surface area contributed by atoms with Crippen molar-refractivity contribution in [2.45, 2.75) is 30.6 Å². The van der Waals surface area contributed by atoms with Gasteiger partial charge in [0, 0.05) is 5.92 Å². The van der Waals surface area contributed by atoms with E-state index in [0.717, 1.165) is 12.8 Å². The highest BCUT2D eigenvalue weighted by molar-refractivity contribution is 7.89. The molecule has 2 N–H and O–H groups in total. The molecule has 1 fully saturated rings. The second kappa shape index (κ2) is 6.19. The number of rotatable bonds is 5. The smallest absolute Gasteiger partial charge is 0.341 e. The summed E-state index contributed by atoms with van der Waals surface area (Å²) in [6.07, 6.45) is 3.26. The van der Waals surface area contributed by atoms with E-state index < -0.39 is 16.0 Å². The standard InChI is InChI=1S/C15H16ClN3O4S/c1-2-23-15(20)11-8-18-19(14(11)9-3-4-9)13-7-10(24(17,21)22)5-6-12(13)16/h5-9H,2-4H2,1H3,(H2,17,21,22). The minimum absolute atomic E-state index is 0.0724. The van der Waals surface area contributed by atoms with Crippen molar-refractivity contribution in [3.05, 3.63) is 40.7 Å². The van der Waals surface area contributed by atoms with Crippen molar-refractivity contribution in [1.29, 1.82) is 0 Å². The molecule has 1 aliphatic carbocycles. The van der Waals surface area contributed by atoms with Gasteiger partial charge in [-0.2, -0.15) is 5.10 Å². The van der Waals surface area contributed by atoms with Gasteiger partial charge in [0.1, 0.15) is 5.56 Å². The van der Waals surface area contributed by atoms with Crippen LogP contribution in [-0.4, -0.2) is 30.8 Å². The number of halogens is 1. The Morgan fingerprint density at radius 1 is 1.46 bits per heavy atom. The van der Waals surface area contributed by atoms with E-state index in [1.54, 1.807) is 6.92 Å². The summed E-state index contributed by atoms with van der Waals surface area (Å²) >= 11 is 6.22. The average molecular weight is 370 g/mol. The fourth-order valence-electron chi connectivity index (χ4n) is 2.50. The van der Waals surface area contributed by atoms with Gasteiger partial charge < -0.3 is 4.74 Å². The summed E-state index contributed by atoms with van der Waals surface area (Å²) in [5.74, 6) is -0.287. The summed E-state index contributed by atoms with van der Waals surface area (Å²) in [6, 6.07) is 4.12. The van der Waals surface area contributed by atoms with Crippen LogP contribution in [0.15, 0.2) is 29.3 Å². The second-order valence-corrected chi connectivity index (χ2v) is 7.48. The molecule has 3 rings (SSSR count). The molecule has 9 heteroatoms. The molecule has 0 aliphatic heterocycles. The molecule has 24 heavy (non-hydrogen) atoms. The Hall–Kier alpha value is -1.90. The topological polar surface area (TPSA) is 104 Å². The van der Waals surface area contributed by atoms with Gasteiger partial charge in [-0.3, -0.25) is 0 Å². The molecule has 128 valence electrons. The van der Waals surface area contributed by atoms with Crippen LogP contribution in [0.5, 0.6) is 0 Å². The Morgan fingerprint density at radius 2 is 2.17 bits per heavy atom. The third-order valence-corrected chi connectivity index (χ3v) is 4.97. The summed E-state index contributed by atoms with van der Waals surface area (Å²) in [6.45, 7) is 1.99. The van der Waals surface area contributed by atoms with Gasteiger partial charge in [0.15, 0.2) is 0 Å². The number of aromatic nitrogens is 2. The number of hydrogen-bond donors (Lipinski definition) is 1. The van der Waals surface area contributed by atoms with Crippen molar-refractivity contribution in [2.24, 2.45) is 5.14 Å². The predicted molar refractivity (Wildman–Crippen MR) is 87.9 cm³/mol. The molecule has 0 radical (unpaired) electrons. The lowest BCUT2D eigenvalue weighted by molar-refractivity contribution is 0.0525. The van der Waals surface area contributed by atoms with E-state index in [0.29, 0.717) is 22.0 Å². The lowest BCUT2D eigenvalue weighted by Gasteiger charge is -2.11. The van der Waals surface area contributed by atoms with Crippen LogP contribution in [0.4, 0.5) is 0 Å². The van der Waals surface area contributed by atoms with Crippen LogP contribution in [0.2, 0.25) is 5.02 Å². The first-order valence-corrected chi connectivity index (χ1v) is 9.33. The van der Waals surface area contributed by atoms with Crippen molar-refractivity contribution in [1.82, 2.24) is 9.78 Å². The third-order valence-electron chi connectivity index (χ3n) is 3.74. The maximum absolute atomic E-state index is 12.1. The van der Waals surface area contributed by atoms with Crippen LogP contribution in [0.25, 0.3) is 5.69 Å². The van der Waals surface area contributed by atoms with Crippen molar-refractivity contribution in [3.8, 4) is 5.69 Å². The minimum atomic E-state index is -3.88. The van der Waals surface area contributed by atoms with Gasteiger partial charge in [0.05, 0.1) is 34.1 Å². The first kappa shape index (κ1) is 16.9. The van der Waals surface area contributed by atoms with Gasteiger partial charge in [0.25, 0.3) is 0 Å². The fourth-order valence-corrected chi connectivity index (χ4v) is 3.23. The Balaban J connectivity index is 2.15. The monoisotopic (exact) mass is 369 g/mol. The van der Waals surface area contributed by atoms with Crippen LogP contribution < -0.4 is 5.14 Å². The number of esters is 1. The number of sulfonamides is 1. The first-order valence-electron chi connectivity index (χ1n) is 7.40. The van der Waals surface area contributed by atoms with E-state index >= 15 is 0 Å². The van der Waals surface area contributed by atoms with E-state index in [9.17, 15) is 13.2 Å². The zero-order valence-corrected chi connectivity index (χ0v) is 14.5. The number of nitrogens with two attached hydrogens (primary N) is 1. The molecule has 0 bridgehead atoms. The normalized spacial score (nSPS) is 14.6. The predicted octanol–water partition coefficient (Wildman–Crippen LogP) is 2.23. The molecule has 1 heterocycles. The number of hydrogen-bond acceptors (Lipinski definition) is 5. The molecule has 1 aliphatic rings. The number of carbonyl (C=O) groups excluding carboxylic acids is 1. The Morgan fingerprint density at radius 3 is 2.75 bits per heavy atom. The van der Waals surface area contributed by atoms with Crippen LogP contribution in [0, 0.1) is 0 Å². The Bertz CT molecular complexity index is 903. The summed E-state index contributed by atoms with van der Waals surface area (Å²) in [4.78, 5) is 12.1. The highest BCUT2D eigenvalue weighted by atomic mass is 35.5. The maximum atomic E-state index is 12.1. The summed E-state index contributed by atoms with van der Waals surface area (Å²) in [5.41, 5.74) is 1.42. The Kier molecular flexibility index (Phi) is 4.37. The largest absolute Gasteiger partial charge is 0.462 e.